The Labute approximate surface area is 873 Å². The number of amides is 17. The van der Waals surface area contributed by atoms with Crippen LogP contribution in [0.25, 0.3) is 0 Å². The molecule has 0 fully saturated rings. The lowest BCUT2D eigenvalue weighted by Crippen LogP contribution is -2.65. The van der Waals surface area contributed by atoms with Gasteiger partial charge in [0.25, 0.3) is 0 Å². The molecule has 1 aromatic rings. The maximum atomic E-state index is 15.0. The number of carboxylic acids is 1. The number of aliphatic hydroxyl groups excluding tert-OH is 1. The summed E-state index contributed by atoms with van der Waals surface area (Å²) in [6, 6.07) is -11.9. The molecule has 842 valence electrons. The average Bonchev–Trinajstić information content (AvgIpc) is 0.905. The smallest absolute Gasteiger partial charge is 0.326 e. The third-order valence-corrected chi connectivity index (χ3v) is 24.8. The predicted molar refractivity (Wildman–Crippen MR) is 559 cm³/mol. The summed E-state index contributed by atoms with van der Waals surface area (Å²) in [6.45, 7) is 25.9. The predicted octanol–water partition coefficient (Wildman–Crippen LogP) is -1.21. The Bertz CT molecular complexity index is 4290. The van der Waals surface area contributed by atoms with Gasteiger partial charge in [0.2, 0.25) is 100 Å². The van der Waals surface area contributed by atoms with Crippen LogP contribution in [0.2, 0.25) is 0 Å². The number of hydrogen-bond acceptors (Lipinski definition) is 28. The summed E-state index contributed by atoms with van der Waals surface area (Å²) in [5.41, 5.74) is 31.3. The number of nitrogens with two attached hydrogens (primary N) is 6. The largest absolute Gasteiger partial charge is 0.480 e. The Kier molecular flexibility index (Phi) is 65.8. The number of unbranched alkanes of at least 4 members (excludes halogenated alkanes) is 5. The Hall–Kier alpha value is -11.0. The van der Waals surface area contributed by atoms with Crippen LogP contribution < -0.4 is 125 Å². The second-order valence-corrected chi connectivity index (χ2v) is 40.7. The van der Waals surface area contributed by atoms with E-state index in [1.807, 2.05) is 13.8 Å². The highest BCUT2D eigenvalue weighted by Gasteiger charge is 2.44. The van der Waals surface area contributed by atoms with Crippen molar-refractivity contribution in [1.29, 1.82) is 0 Å². The first-order valence-electron chi connectivity index (χ1n) is 52.7. The molecule has 0 spiro atoms. The molecule has 0 unspecified atom stereocenters. The summed E-state index contributed by atoms with van der Waals surface area (Å²) in [5, 5.41) is 66.9. The van der Waals surface area contributed by atoms with E-state index >= 15 is 4.79 Å². The molecular formula is C102H181N23O23. The number of carboxylic acid groups (broad SMARTS) is 1. The molecule has 0 saturated heterocycles. The van der Waals surface area contributed by atoms with Crippen molar-refractivity contribution in [1.82, 2.24) is 90.4 Å². The van der Waals surface area contributed by atoms with E-state index in [0.29, 0.717) is 109 Å². The highest BCUT2D eigenvalue weighted by atomic mass is 16.5. The van der Waals surface area contributed by atoms with Crippen LogP contribution in [-0.4, -0.2) is 304 Å². The van der Waals surface area contributed by atoms with Crippen molar-refractivity contribution in [3.63, 3.8) is 0 Å². The molecule has 1 aliphatic heterocycles. The van der Waals surface area contributed by atoms with Gasteiger partial charge >= 0.3 is 5.97 Å². The first kappa shape index (κ1) is 133. The highest BCUT2D eigenvalue weighted by molar-refractivity contribution is 6.02. The molecular weight excluding hydrogens is 1920 g/mol. The molecule has 0 saturated carbocycles. The fourth-order valence-electron chi connectivity index (χ4n) is 16.1. The van der Waals surface area contributed by atoms with Crippen LogP contribution in [0.1, 0.15) is 270 Å². The standard InChI is InChI=1S/C102H181N23O23/c1-62(2)55-76(119-89(133)73(39-25-32-46-105)114-87(131)71(37-23-30-44-103)112-82(127)61-148-54-53-147-52-51-146-50-49-108)90(134)109-67(11)84(128)113-72(38-24-31-45-104)88(132)121-80(59-70-35-21-20-22-36-70)93(137)120-79(58-65(7)8)94(138)123-83(66(9)10)97(141)122-81(60-126)96(140)125-102(15)43-29-19-17-16-18-28-42-101(14,99(144)110-69(13)86(130)118-78(57-64(5)6)92(136)116-75(98(142)143)41-27-34-48-107)124-95(139)74(40-26-33-47-106)115-91(135)77(56-63(3)4)117-85(129)68(12)111-100(102)145/h16-17,20-22,35-36,62-69,71-81,83,126H,18-19,23-34,37-61,103-108H2,1-15H3,(H,109,134)(H,110,144)(H,111,145)(H,112,127)(H,113,128)(H,114,131)(H,115,135)(H,116,136)(H,117,129)(H,118,130)(H,119,133)(H,120,137)(H,121,132)(H,122,141)(H,123,138)(H,124,139)(H,125,140)(H,142,143)/b17-16+/t67-,68-,69-,71-,72-,73-,74-,75-,76-,77-,78-,79-,80-,81-,83-,101-,102-/m0/s1. The van der Waals surface area contributed by atoms with Gasteiger partial charge in [0.1, 0.15) is 108 Å². The van der Waals surface area contributed by atoms with E-state index in [2.05, 4.69) is 90.4 Å². The Morgan fingerprint density at radius 1 is 0.405 bits per heavy atom. The zero-order valence-electron chi connectivity index (χ0n) is 90.1. The van der Waals surface area contributed by atoms with Gasteiger partial charge in [0, 0.05) is 13.0 Å². The van der Waals surface area contributed by atoms with Crippen molar-refractivity contribution in [2.75, 3.05) is 85.5 Å². The van der Waals surface area contributed by atoms with Crippen LogP contribution in [0.15, 0.2) is 42.5 Å². The van der Waals surface area contributed by atoms with Gasteiger partial charge in [0.05, 0.1) is 39.6 Å². The normalized spacial score (nSPS) is 19.3. The van der Waals surface area contributed by atoms with Crippen LogP contribution >= 0.6 is 0 Å². The number of aliphatic carboxylic acids is 1. The summed E-state index contributed by atoms with van der Waals surface area (Å²) in [6.07, 6.45) is 8.82. The van der Waals surface area contributed by atoms with Gasteiger partial charge in [-0.2, -0.15) is 0 Å². The van der Waals surface area contributed by atoms with Crippen LogP contribution in [-0.2, 0) is 107 Å². The molecule has 0 aromatic heterocycles. The summed E-state index contributed by atoms with van der Waals surface area (Å²) in [5.74, 6) is -17.0. The van der Waals surface area contributed by atoms with E-state index < -0.39 is 227 Å². The number of carbonyl (C=O) groups is 18. The van der Waals surface area contributed by atoms with Crippen molar-refractivity contribution in [2.45, 2.75) is 373 Å². The fourth-order valence-corrected chi connectivity index (χ4v) is 16.1. The SMILES string of the molecule is CC(C)C[C@H](NC(=O)[C@H](C)NC(=O)[C@]1(C)CCC/C=C/CCC[C@](C)(NC(=O)[C@H](CO)NC(=O)[C@@H](NC(=O)[C@H](CC(C)C)NC(=O)[C@H](Cc2ccccc2)NC(=O)[C@H](CCCCN)NC(=O)[C@H](C)NC(=O)[C@H](CC(C)C)NC(=O)[C@H](CCCCN)NC(=O)[C@H](CCCCN)NC(=O)COCCOCCOCCN)C(C)C)C(=O)N[C@@H](C)C(=O)N[C@@H](CC(C)C)C(=O)N[C@@H](CCCCN)C(=O)N1)C(=O)N[C@@H](CCCCN)C(=O)O. The molecule has 17 amide bonds. The molecule has 148 heavy (non-hydrogen) atoms. The minimum Gasteiger partial charge on any atom is -0.480 e. The zero-order valence-corrected chi connectivity index (χ0v) is 90.1. The maximum Gasteiger partial charge on any atom is 0.326 e. The van der Waals surface area contributed by atoms with Gasteiger partial charge < -0.3 is 149 Å². The number of benzene rings is 1. The molecule has 0 bridgehead atoms. The minimum atomic E-state index is -1.93. The lowest BCUT2D eigenvalue weighted by Gasteiger charge is -2.33. The number of rotatable bonds is 68. The molecule has 1 heterocycles. The molecule has 31 N–H and O–H groups in total. The van der Waals surface area contributed by atoms with Crippen LogP contribution in [0.4, 0.5) is 0 Å². The van der Waals surface area contributed by atoms with Gasteiger partial charge in [-0.25, -0.2) is 4.79 Å². The number of allylic oxidation sites excluding steroid dienone is 2. The second-order valence-electron chi connectivity index (χ2n) is 40.7. The maximum absolute atomic E-state index is 15.0. The third kappa shape index (κ3) is 52.9. The van der Waals surface area contributed by atoms with Gasteiger partial charge in [-0.15, -0.1) is 0 Å². The van der Waals surface area contributed by atoms with E-state index in [4.69, 9.17) is 48.6 Å². The first-order valence-corrected chi connectivity index (χ1v) is 52.7. The minimum absolute atomic E-state index is 0.0146. The van der Waals surface area contributed by atoms with Gasteiger partial charge in [-0.3, -0.25) is 81.5 Å². The Morgan fingerprint density at radius 2 is 0.811 bits per heavy atom. The molecule has 2 rings (SSSR count). The van der Waals surface area contributed by atoms with Crippen molar-refractivity contribution >= 4 is 106 Å². The highest BCUT2D eigenvalue weighted by Crippen LogP contribution is 2.23. The fraction of sp³-hybridized carbons (Fsp3) is 0.745. The van der Waals surface area contributed by atoms with Crippen LogP contribution in [0, 0.1) is 29.6 Å². The Morgan fingerprint density at radius 3 is 1.29 bits per heavy atom. The van der Waals surface area contributed by atoms with Crippen LogP contribution in [0.5, 0.6) is 0 Å². The summed E-state index contributed by atoms with van der Waals surface area (Å²) >= 11 is 0. The molecule has 0 radical (unpaired) electrons. The van der Waals surface area contributed by atoms with Gasteiger partial charge in [-0.1, -0.05) is 112 Å². The van der Waals surface area contributed by atoms with E-state index in [9.17, 15) is 91.7 Å². The molecule has 0 aliphatic carbocycles. The number of aliphatic hydroxyl groups is 1. The van der Waals surface area contributed by atoms with E-state index in [1.54, 1.807) is 97.9 Å². The summed E-state index contributed by atoms with van der Waals surface area (Å²) in [4.78, 5) is 258. The Balaban J connectivity index is 2.58. The topological polar surface area (TPSA) is 736 Å². The van der Waals surface area contributed by atoms with Gasteiger partial charge in [0.15, 0.2) is 0 Å². The van der Waals surface area contributed by atoms with E-state index in [1.165, 1.54) is 34.6 Å². The quantitative estimate of drug-likeness (QED) is 0.0269. The molecule has 1 aliphatic rings. The van der Waals surface area contributed by atoms with Gasteiger partial charge in [-0.05, 0) is 263 Å². The number of carbonyl (C=O) groups excluding carboxylic acids is 17. The monoisotopic (exact) mass is 2100 g/mol. The van der Waals surface area contributed by atoms with E-state index in [0.717, 1.165) is 0 Å². The van der Waals surface area contributed by atoms with Crippen molar-refractivity contribution in [2.24, 2.45) is 64.0 Å². The molecule has 46 heteroatoms. The van der Waals surface area contributed by atoms with Crippen molar-refractivity contribution in [3.05, 3.63) is 48.0 Å². The lowest BCUT2D eigenvalue weighted by molar-refractivity contribution is -0.142. The first-order chi connectivity index (χ1) is 70.1. The third-order valence-electron chi connectivity index (χ3n) is 24.8. The zero-order chi connectivity index (χ0) is 111. The summed E-state index contributed by atoms with van der Waals surface area (Å²) in [7, 11) is 0. The second kappa shape index (κ2) is 73.2. The van der Waals surface area contributed by atoms with Crippen molar-refractivity contribution < 1.29 is 111 Å². The van der Waals surface area contributed by atoms with Crippen molar-refractivity contribution in [3.8, 4) is 0 Å². The molecule has 1 aromatic carbocycles. The van der Waals surface area contributed by atoms with Crippen LogP contribution in [0.3, 0.4) is 0 Å². The molecule has 46 nitrogen and oxygen atoms in total. The lowest BCUT2D eigenvalue weighted by atomic mass is 9.91. The average molecular weight is 2100 g/mol. The number of nitrogens with one attached hydrogen (secondary N) is 17. The number of ether oxygens (including phenoxy) is 3. The molecule has 17 atom stereocenters. The summed E-state index contributed by atoms with van der Waals surface area (Å²) < 4.78 is 16.2. The number of hydrogen-bond donors (Lipinski definition) is 25. The van der Waals surface area contributed by atoms with E-state index in [-0.39, 0.29) is 159 Å².